The molecule has 0 amide bonds. The van der Waals surface area contributed by atoms with Gasteiger partial charge >= 0.3 is 0 Å². The number of ether oxygens (including phenoxy) is 1. The Morgan fingerprint density at radius 3 is 2.71 bits per heavy atom. The van der Waals surface area contributed by atoms with Crippen molar-refractivity contribution in [1.29, 1.82) is 0 Å². The van der Waals surface area contributed by atoms with E-state index in [4.69, 9.17) is 10.5 Å². The van der Waals surface area contributed by atoms with Crippen LogP contribution in [-0.2, 0) is 6.54 Å². The quantitative estimate of drug-likeness (QED) is 0.868. The molecule has 1 saturated heterocycles. The summed E-state index contributed by atoms with van der Waals surface area (Å²) in [4.78, 5) is 2.46. The van der Waals surface area contributed by atoms with E-state index in [9.17, 15) is 0 Å². The standard InChI is InChI=1S/C14H22N2O/c1-11-3-4-14(17-2)12(9-11)10-16-7-5-13(15)6-8-16/h3-4,9,13H,5-8,10,15H2,1-2H3. The van der Waals surface area contributed by atoms with E-state index in [0.717, 1.165) is 38.2 Å². The SMILES string of the molecule is COc1ccc(C)cc1CN1CCC(N)CC1. The summed E-state index contributed by atoms with van der Waals surface area (Å²) in [6, 6.07) is 6.76. The average Bonchev–Trinajstić information content (AvgIpc) is 2.32. The first-order valence-electron chi connectivity index (χ1n) is 6.30. The van der Waals surface area contributed by atoms with Crippen LogP contribution < -0.4 is 10.5 Å². The monoisotopic (exact) mass is 234 g/mol. The minimum absolute atomic E-state index is 0.394. The van der Waals surface area contributed by atoms with Gasteiger partial charge in [0.1, 0.15) is 5.75 Å². The van der Waals surface area contributed by atoms with Crippen molar-refractivity contribution < 1.29 is 4.74 Å². The minimum atomic E-state index is 0.394. The molecule has 0 bridgehead atoms. The molecule has 3 heteroatoms. The first-order chi connectivity index (χ1) is 8.19. The fraction of sp³-hybridized carbons (Fsp3) is 0.571. The third-order valence-electron chi connectivity index (χ3n) is 3.46. The van der Waals surface area contributed by atoms with E-state index in [2.05, 4.69) is 30.0 Å². The summed E-state index contributed by atoms with van der Waals surface area (Å²) in [5, 5.41) is 0. The summed E-state index contributed by atoms with van der Waals surface area (Å²) in [7, 11) is 1.74. The van der Waals surface area contributed by atoms with E-state index in [0.29, 0.717) is 6.04 Å². The molecule has 2 N–H and O–H groups in total. The summed E-state index contributed by atoms with van der Waals surface area (Å²) < 4.78 is 5.41. The molecule has 1 aliphatic rings. The van der Waals surface area contributed by atoms with E-state index >= 15 is 0 Å². The summed E-state index contributed by atoms with van der Waals surface area (Å²) in [6.07, 6.45) is 2.21. The first kappa shape index (κ1) is 12.4. The Morgan fingerprint density at radius 2 is 2.06 bits per heavy atom. The maximum Gasteiger partial charge on any atom is 0.123 e. The number of hydrogen-bond acceptors (Lipinski definition) is 3. The molecule has 0 radical (unpaired) electrons. The zero-order valence-electron chi connectivity index (χ0n) is 10.8. The molecule has 1 fully saturated rings. The molecule has 0 aliphatic carbocycles. The lowest BCUT2D eigenvalue weighted by atomic mass is 10.0. The highest BCUT2D eigenvalue weighted by molar-refractivity contribution is 5.36. The number of nitrogens with zero attached hydrogens (tertiary/aromatic N) is 1. The van der Waals surface area contributed by atoms with Crippen LogP contribution in [0, 0.1) is 6.92 Å². The normalized spacial score (nSPS) is 18.3. The van der Waals surface area contributed by atoms with Crippen LogP contribution in [0.25, 0.3) is 0 Å². The highest BCUT2D eigenvalue weighted by atomic mass is 16.5. The molecule has 3 nitrogen and oxygen atoms in total. The second-order valence-corrected chi connectivity index (χ2v) is 4.93. The smallest absolute Gasteiger partial charge is 0.123 e. The highest BCUT2D eigenvalue weighted by Crippen LogP contribution is 2.22. The van der Waals surface area contributed by atoms with Crippen molar-refractivity contribution in [3.05, 3.63) is 29.3 Å². The van der Waals surface area contributed by atoms with Crippen LogP contribution in [0.1, 0.15) is 24.0 Å². The third-order valence-corrected chi connectivity index (χ3v) is 3.46. The molecule has 1 aromatic carbocycles. The average molecular weight is 234 g/mol. The summed E-state index contributed by atoms with van der Waals surface area (Å²) in [5.74, 6) is 0.991. The number of rotatable bonds is 3. The van der Waals surface area contributed by atoms with Crippen LogP contribution in [0.15, 0.2) is 18.2 Å². The number of aryl methyl sites for hydroxylation is 1. The van der Waals surface area contributed by atoms with Crippen molar-refractivity contribution in [1.82, 2.24) is 4.90 Å². The largest absolute Gasteiger partial charge is 0.496 e. The van der Waals surface area contributed by atoms with Crippen molar-refractivity contribution in [3.8, 4) is 5.75 Å². The fourth-order valence-corrected chi connectivity index (χ4v) is 2.38. The Kier molecular flexibility index (Phi) is 4.02. The topological polar surface area (TPSA) is 38.5 Å². The van der Waals surface area contributed by atoms with Crippen LogP contribution in [-0.4, -0.2) is 31.1 Å². The Labute approximate surface area is 104 Å². The van der Waals surface area contributed by atoms with Crippen LogP contribution >= 0.6 is 0 Å². The molecule has 94 valence electrons. The Balaban J connectivity index is 2.04. The van der Waals surface area contributed by atoms with Gasteiger partial charge in [0.2, 0.25) is 0 Å². The van der Waals surface area contributed by atoms with E-state index in [1.807, 2.05) is 0 Å². The van der Waals surface area contributed by atoms with Gasteiger partial charge < -0.3 is 10.5 Å². The predicted octanol–water partition coefficient (Wildman–Crippen LogP) is 1.93. The Hall–Kier alpha value is -1.06. The number of likely N-dealkylation sites (tertiary alicyclic amines) is 1. The number of methoxy groups -OCH3 is 1. The molecule has 1 aromatic rings. The van der Waals surface area contributed by atoms with Gasteiger partial charge in [-0.2, -0.15) is 0 Å². The number of benzene rings is 1. The van der Waals surface area contributed by atoms with Gasteiger partial charge in [-0.25, -0.2) is 0 Å². The van der Waals surface area contributed by atoms with Gasteiger partial charge in [-0.3, -0.25) is 4.90 Å². The van der Waals surface area contributed by atoms with Gasteiger partial charge in [0.25, 0.3) is 0 Å². The maximum absolute atomic E-state index is 5.92. The highest BCUT2D eigenvalue weighted by Gasteiger charge is 2.17. The lowest BCUT2D eigenvalue weighted by molar-refractivity contribution is 0.203. The zero-order valence-corrected chi connectivity index (χ0v) is 10.8. The molecule has 0 saturated carbocycles. The van der Waals surface area contributed by atoms with E-state index in [1.54, 1.807) is 7.11 Å². The predicted molar refractivity (Wildman–Crippen MR) is 70.2 cm³/mol. The lowest BCUT2D eigenvalue weighted by Crippen LogP contribution is -2.39. The Morgan fingerprint density at radius 1 is 1.35 bits per heavy atom. The van der Waals surface area contributed by atoms with Crippen molar-refractivity contribution >= 4 is 0 Å². The zero-order chi connectivity index (χ0) is 12.3. The van der Waals surface area contributed by atoms with Crippen LogP contribution in [0.2, 0.25) is 0 Å². The third kappa shape index (κ3) is 3.20. The Bertz CT molecular complexity index is 370. The van der Waals surface area contributed by atoms with Crippen LogP contribution in [0.5, 0.6) is 5.75 Å². The van der Waals surface area contributed by atoms with E-state index in [-0.39, 0.29) is 0 Å². The van der Waals surface area contributed by atoms with E-state index < -0.39 is 0 Å². The molecule has 17 heavy (non-hydrogen) atoms. The van der Waals surface area contributed by atoms with Crippen molar-refractivity contribution in [3.63, 3.8) is 0 Å². The molecular formula is C14H22N2O. The summed E-state index contributed by atoms with van der Waals surface area (Å²) >= 11 is 0. The molecule has 0 aromatic heterocycles. The molecule has 2 rings (SSSR count). The second-order valence-electron chi connectivity index (χ2n) is 4.93. The van der Waals surface area contributed by atoms with Gasteiger partial charge in [0.15, 0.2) is 0 Å². The number of nitrogens with two attached hydrogens (primary N) is 1. The maximum atomic E-state index is 5.92. The van der Waals surface area contributed by atoms with Gasteiger partial charge in [-0.15, -0.1) is 0 Å². The molecule has 0 atom stereocenters. The summed E-state index contributed by atoms with van der Waals surface area (Å²) in [5.41, 5.74) is 8.49. The molecule has 1 heterocycles. The number of piperidine rings is 1. The fourth-order valence-electron chi connectivity index (χ4n) is 2.38. The van der Waals surface area contributed by atoms with Crippen molar-refractivity contribution in [2.45, 2.75) is 32.4 Å². The molecular weight excluding hydrogens is 212 g/mol. The van der Waals surface area contributed by atoms with E-state index in [1.165, 1.54) is 11.1 Å². The van der Waals surface area contributed by atoms with Gasteiger partial charge in [-0.05, 0) is 38.9 Å². The number of hydrogen-bond donors (Lipinski definition) is 1. The first-order valence-corrected chi connectivity index (χ1v) is 6.30. The van der Waals surface area contributed by atoms with Crippen LogP contribution in [0.3, 0.4) is 0 Å². The minimum Gasteiger partial charge on any atom is -0.496 e. The molecule has 1 aliphatic heterocycles. The van der Waals surface area contributed by atoms with Crippen molar-refractivity contribution in [2.24, 2.45) is 5.73 Å². The summed E-state index contributed by atoms with van der Waals surface area (Å²) in [6.45, 7) is 5.28. The molecule has 0 spiro atoms. The van der Waals surface area contributed by atoms with Crippen LogP contribution in [0.4, 0.5) is 0 Å². The lowest BCUT2D eigenvalue weighted by Gasteiger charge is -2.30. The van der Waals surface area contributed by atoms with Gasteiger partial charge in [0, 0.05) is 18.2 Å². The molecule has 0 unspecified atom stereocenters. The second kappa shape index (κ2) is 5.52. The van der Waals surface area contributed by atoms with Gasteiger partial charge in [-0.1, -0.05) is 17.7 Å². The van der Waals surface area contributed by atoms with Crippen molar-refractivity contribution in [2.75, 3.05) is 20.2 Å². The van der Waals surface area contributed by atoms with Gasteiger partial charge in [0.05, 0.1) is 7.11 Å².